The average Bonchev–Trinajstić information content (AvgIpc) is 3.08. The minimum absolute atomic E-state index is 0.116. The minimum atomic E-state index is -0.470. The van der Waals surface area contributed by atoms with Gasteiger partial charge in [-0.05, 0) is 40.9 Å². The highest BCUT2D eigenvalue weighted by Crippen LogP contribution is 2.49. The predicted octanol–water partition coefficient (Wildman–Crippen LogP) is 3.92. The van der Waals surface area contributed by atoms with E-state index in [-0.39, 0.29) is 35.3 Å². The number of thioether (sulfide) groups is 1. The first-order valence-corrected chi connectivity index (χ1v) is 13.0. The summed E-state index contributed by atoms with van der Waals surface area (Å²) in [5.41, 5.74) is 1.29. The van der Waals surface area contributed by atoms with Gasteiger partial charge in [0.1, 0.15) is 18.2 Å². The lowest BCUT2D eigenvalue weighted by atomic mass is 9.87. The zero-order valence-corrected chi connectivity index (χ0v) is 22.9. The highest BCUT2D eigenvalue weighted by atomic mass is 32.2. The zero-order chi connectivity index (χ0) is 26.1. The molecule has 0 unspecified atom stereocenters. The molecule has 1 aromatic heterocycles. The number of amides is 2. The van der Waals surface area contributed by atoms with E-state index in [2.05, 4.69) is 26.1 Å². The number of nitrogens with zero attached hydrogens (tertiary/aromatic N) is 4. The normalized spacial score (nSPS) is 16.9. The molecule has 0 bridgehead atoms. The van der Waals surface area contributed by atoms with Gasteiger partial charge in [-0.15, -0.1) is 11.8 Å². The van der Waals surface area contributed by atoms with Crippen molar-refractivity contribution in [2.24, 2.45) is 0 Å². The number of benzene rings is 1. The third-order valence-electron chi connectivity index (χ3n) is 5.81. The number of hydrogen-bond donors (Lipinski definition) is 1. The van der Waals surface area contributed by atoms with Gasteiger partial charge in [0.05, 0.1) is 22.2 Å². The van der Waals surface area contributed by atoms with Crippen molar-refractivity contribution < 1.29 is 14.0 Å². The summed E-state index contributed by atoms with van der Waals surface area (Å²) in [6.45, 7) is 13.3. The van der Waals surface area contributed by atoms with Gasteiger partial charge in [0.15, 0.2) is 0 Å². The molecule has 2 aromatic rings. The largest absolute Gasteiger partial charge is 0.353 e. The molecule has 7 nitrogen and oxygen atoms in total. The number of rotatable bonds is 6. The number of anilines is 1. The lowest BCUT2D eigenvalue weighted by molar-refractivity contribution is -0.123. The second kappa shape index (κ2) is 10.3. The van der Waals surface area contributed by atoms with E-state index < -0.39 is 10.8 Å². The highest BCUT2D eigenvalue weighted by molar-refractivity contribution is 8.00. The third kappa shape index (κ3) is 6.06. The van der Waals surface area contributed by atoms with Gasteiger partial charge in [0.2, 0.25) is 11.8 Å². The van der Waals surface area contributed by atoms with Gasteiger partial charge < -0.3 is 10.2 Å². The van der Waals surface area contributed by atoms with Crippen LogP contribution in [0.2, 0.25) is 0 Å². The standard InChI is InChI=1S/C26H38FN5O2S/c1-25(2,3)23-21-22(17-11-9-10-12-18(17)27)35-16-20(34)31(15-19(33)28-13-14-30(7)8)24(21)32(29-23)26(4,5)6/h9-12,22H,13-16H2,1-8H3,(H,28,33)/t22-/m0/s1. The number of hydrogen-bond acceptors (Lipinski definition) is 5. The lowest BCUT2D eigenvalue weighted by Gasteiger charge is -2.29. The number of fused-ring (bicyclic) bond motifs is 1. The first-order valence-electron chi connectivity index (χ1n) is 11.9. The van der Waals surface area contributed by atoms with Crippen LogP contribution in [0.25, 0.3) is 0 Å². The maximum atomic E-state index is 15.1. The predicted molar refractivity (Wildman–Crippen MR) is 141 cm³/mol. The summed E-state index contributed by atoms with van der Waals surface area (Å²) in [5.74, 6) is -0.0370. The summed E-state index contributed by atoms with van der Waals surface area (Å²) >= 11 is 1.39. The Morgan fingerprint density at radius 1 is 1.20 bits per heavy atom. The summed E-state index contributed by atoms with van der Waals surface area (Å²) in [4.78, 5) is 29.9. The van der Waals surface area contributed by atoms with Crippen molar-refractivity contribution in [1.29, 1.82) is 0 Å². The van der Waals surface area contributed by atoms with Crippen molar-refractivity contribution in [2.75, 3.05) is 44.4 Å². The van der Waals surface area contributed by atoms with Crippen LogP contribution in [0.4, 0.5) is 10.2 Å². The molecule has 1 aliphatic rings. The summed E-state index contributed by atoms with van der Waals surface area (Å²) < 4.78 is 16.9. The maximum absolute atomic E-state index is 15.1. The quantitative estimate of drug-likeness (QED) is 0.647. The van der Waals surface area contributed by atoms with Crippen LogP contribution in [-0.4, -0.2) is 66.0 Å². The van der Waals surface area contributed by atoms with Crippen molar-refractivity contribution in [2.45, 2.75) is 57.7 Å². The van der Waals surface area contributed by atoms with Gasteiger partial charge in [-0.1, -0.05) is 39.0 Å². The first-order chi connectivity index (χ1) is 16.2. The molecule has 0 saturated heterocycles. The van der Waals surface area contributed by atoms with Crippen molar-refractivity contribution in [3.63, 3.8) is 0 Å². The molecule has 2 amide bonds. The number of likely N-dealkylation sites (N-methyl/N-ethyl adjacent to an activating group) is 1. The Labute approximate surface area is 212 Å². The first kappa shape index (κ1) is 27.2. The fraction of sp³-hybridized carbons (Fsp3) is 0.577. The van der Waals surface area contributed by atoms with Crippen molar-refractivity contribution in [1.82, 2.24) is 20.0 Å². The minimum Gasteiger partial charge on any atom is -0.353 e. The van der Waals surface area contributed by atoms with Crippen LogP contribution in [0.15, 0.2) is 24.3 Å². The molecule has 0 fully saturated rings. The van der Waals surface area contributed by atoms with Crippen LogP contribution in [0.1, 0.15) is 63.6 Å². The van der Waals surface area contributed by atoms with Crippen LogP contribution in [0, 0.1) is 5.82 Å². The smallest absolute Gasteiger partial charge is 0.240 e. The number of nitrogens with one attached hydrogen (secondary N) is 1. The van der Waals surface area contributed by atoms with Gasteiger partial charge >= 0.3 is 0 Å². The molecule has 2 heterocycles. The molecule has 192 valence electrons. The van der Waals surface area contributed by atoms with Gasteiger partial charge in [-0.3, -0.25) is 14.5 Å². The number of halogens is 1. The Morgan fingerprint density at radius 2 is 1.86 bits per heavy atom. The maximum Gasteiger partial charge on any atom is 0.240 e. The van der Waals surface area contributed by atoms with E-state index in [1.165, 1.54) is 17.8 Å². The van der Waals surface area contributed by atoms with E-state index in [0.717, 1.165) is 11.3 Å². The second-order valence-electron chi connectivity index (χ2n) is 11.3. The van der Waals surface area contributed by atoms with E-state index in [1.54, 1.807) is 17.0 Å². The van der Waals surface area contributed by atoms with Crippen molar-refractivity contribution in [3.8, 4) is 0 Å². The SMILES string of the molecule is CN(C)CCNC(=O)CN1C(=O)CS[C@@H](c2ccccc2F)c2c(C(C)(C)C)nn(C(C)(C)C)c21. The Hall–Kier alpha value is -2.39. The van der Waals surface area contributed by atoms with E-state index in [9.17, 15) is 9.59 Å². The monoisotopic (exact) mass is 503 g/mol. The van der Waals surface area contributed by atoms with Crippen LogP contribution in [0.3, 0.4) is 0 Å². The molecular formula is C26H38FN5O2S. The molecule has 1 aliphatic heterocycles. The molecule has 0 saturated carbocycles. The molecule has 1 atom stereocenters. The summed E-state index contributed by atoms with van der Waals surface area (Å²) in [7, 11) is 3.87. The zero-order valence-electron chi connectivity index (χ0n) is 22.1. The van der Waals surface area contributed by atoms with Crippen LogP contribution >= 0.6 is 11.8 Å². The average molecular weight is 504 g/mol. The Bertz CT molecular complexity index is 1080. The van der Waals surface area contributed by atoms with E-state index in [1.807, 2.05) is 50.5 Å². The topological polar surface area (TPSA) is 70.5 Å². The van der Waals surface area contributed by atoms with E-state index in [0.29, 0.717) is 24.5 Å². The fourth-order valence-electron chi connectivity index (χ4n) is 4.09. The molecule has 0 radical (unpaired) electrons. The third-order valence-corrected chi connectivity index (χ3v) is 7.04. The fourth-order valence-corrected chi connectivity index (χ4v) is 5.31. The molecule has 3 rings (SSSR count). The molecule has 1 aromatic carbocycles. The molecule has 9 heteroatoms. The van der Waals surface area contributed by atoms with Crippen molar-refractivity contribution >= 4 is 29.4 Å². The molecular weight excluding hydrogens is 465 g/mol. The van der Waals surface area contributed by atoms with E-state index >= 15 is 4.39 Å². The van der Waals surface area contributed by atoms with Crippen LogP contribution in [-0.2, 0) is 20.5 Å². The number of carbonyl (C=O) groups is 2. The molecule has 35 heavy (non-hydrogen) atoms. The van der Waals surface area contributed by atoms with Gasteiger partial charge in [-0.25, -0.2) is 9.07 Å². The highest BCUT2D eigenvalue weighted by Gasteiger charge is 2.41. The van der Waals surface area contributed by atoms with E-state index in [4.69, 9.17) is 5.10 Å². The van der Waals surface area contributed by atoms with Crippen molar-refractivity contribution in [3.05, 3.63) is 46.9 Å². The van der Waals surface area contributed by atoms with Gasteiger partial charge in [0, 0.05) is 29.6 Å². The Kier molecular flexibility index (Phi) is 8.01. The van der Waals surface area contributed by atoms with Crippen LogP contribution in [0.5, 0.6) is 0 Å². The van der Waals surface area contributed by atoms with Gasteiger partial charge in [0.25, 0.3) is 0 Å². The Morgan fingerprint density at radius 3 is 2.43 bits per heavy atom. The summed E-state index contributed by atoms with van der Waals surface area (Å²) in [5, 5.41) is 7.49. The second-order valence-corrected chi connectivity index (χ2v) is 12.4. The summed E-state index contributed by atoms with van der Waals surface area (Å²) in [6, 6.07) is 6.70. The van der Waals surface area contributed by atoms with Crippen LogP contribution < -0.4 is 10.2 Å². The summed E-state index contributed by atoms with van der Waals surface area (Å²) in [6.07, 6.45) is 0. The lowest BCUT2D eigenvalue weighted by Crippen LogP contribution is -2.44. The Balaban J connectivity index is 2.21. The number of carbonyl (C=O) groups excluding carboxylic acids is 2. The molecule has 1 N–H and O–H groups in total. The molecule has 0 spiro atoms. The van der Waals surface area contributed by atoms with Gasteiger partial charge in [-0.2, -0.15) is 5.10 Å². The molecule has 0 aliphatic carbocycles. The number of aromatic nitrogens is 2.